The van der Waals surface area contributed by atoms with Crippen molar-refractivity contribution in [2.75, 3.05) is 0 Å². The monoisotopic (exact) mass is 789 g/mol. The minimum absolute atomic E-state index is 0.950. The second-order valence-electron chi connectivity index (χ2n) is 16.0. The molecule has 0 radical (unpaired) electrons. The van der Waals surface area contributed by atoms with Crippen LogP contribution in [-0.4, -0.2) is 14.1 Å². The van der Waals surface area contributed by atoms with Gasteiger partial charge >= 0.3 is 0 Å². The Bertz CT molecular complexity index is 3520. The van der Waals surface area contributed by atoms with Gasteiger partial charge < -0.3 is 9.13 Å². The Morgan fingerprint density at radius 2 is 0.645 bits per heavy atom. The van der Waals surface area contributed by atoms with Crippen molar-refractivity contribution in [3.63, 3.8) is 0 Å². The van der Waals surface area contributed by atoms with Gasteiger partial charge in [0.05, 0.1) is 33.5 Å². The Morgan fingerprint density at radius 1 is 0.242 bits per heavy atom. The molecule has 0 aliphatic heterocycles. The van der Waals surface area contributed by atoms with E-state index in [0.29, 0.717) is 0 Å². The summed E-state index contributed by atoms with van der Waals surface area (Å²) in [5.74, 6) is 0. The van der Waals surface area contributed by atoms with E-state index in [1.807, 2.05) is 0 Å². The van der Waals surface area contributed by atoms with E-state index in [1.54, 1.807) is 0 Å². The zero-order valence-corrected chi connectivity index (χ0v) is 33.9. The standard InChI is InChI=1S/C59H39N3/c1-4-15-40(16-5-1)41-27-29-42(30-28-41)43-31-33-48(34-32-43)61-56-25-12-10-23-50(56)52-35-36-53-51-24-11-13-26-57(51)62(59(53)58(52)61)49-22-14-21-46(37-49)47-38-54(44-17-6-2-7-18-44)60-55(39-47)45-19-8-3-9-20-45/h1-39H. The number of pyridine rings is 1. The van der Waals surface area contributed by atoms with E-state index in [9.17, 15) is 0 Å². The number of para-hydroxylation sites is 2. The third-order valence-corrected chi connectivity index (χ3v) is 12.3. The van der Waals surface area contributed by atoms with E-state index in [2.05, 4.69) is 246 Å². The van der Waals surface area contributed by atoms with E-state index in [4.69, 9.17) is 4.98 Å². The summed E-state index contributed by atoms with van der Waals surface area (Å²) < 4.78 is 4.95. The number of benzene rings is 9. The topological polar surface area (TPSA) is 22.8 Å². The summed E-state index contributed by atoms with van der Waals surface area (Å²) in [6.07, 6.45) is 0. The molecule has 0 atom stereocenters. The van der Waals surface area contributed by atoms with Crippen LogP contribution in [0.2, 0.25) is 0 Å². The molecule has 3 heterocycles. The first-order chi connectivity index (χ1) is 30.7. The molecule has 0 aliphatic carbocycles. The fraction of sp³-hybridized carbons (Fsp3) is 0. The van der Waals surface area contributed by atoms with Crippen molar-refractivity contribution in [2.45, 2.75) is 0 Å². The maximum Gasteiger partial charge on any atom is 0.0788 e. The molecular formula is C59H39N3. The van der Waals surface area contributed by atoms with Crippen LogP contribution >= 0.6 is 0 Å². The maximum absolute atomic E-state index is 5.18. The number of fused-ring (bicyclic) bond motifs is 7. The third kappa shape index (κ3) is 6.02. The Hall–Kier alpha value is -8.27. The molecule has 0 unspecified atom stereocenters. The van der Waals surface area contributed by atoms with Crippen LogP contribution in [0, 0.1) is 0 Å². The van der Waals surface area contributed by atoms with Crippen molar-refractivity contribution in [2.24, 2.45) is 0 Å². The Morgan fingerprint density at radius 3 is 1.16 bits per heavy atom. The first-order valence-electron chi connectivity index (χ1n) is 21.2. The normalized spacial score (nSPS) is 11.5. The number of hydrogen-bond donors (Lipinski definition) is 0. The van der Waals surface area contributed by atoms with Gasteiger partial charge in [-0.3, -0.25) is 0 Å². The van der Waals surface area contributed by atoms with E-state index in [0.717, 1.165) is 45.0 Å². The predicted octanol–water partition coefficient (Wildman–Crippen LogP) is 15.6. The second-order valence-corrected chi connectivity index (χ2v) is 16.0. The highest BCUT2D eigenvalue weighted by Gasteiger charge is 2.21. The van der Waals surface area contributed by atoms with Crippen molar-refractivity contribution >= 4 is 43.6 Å². The molecule has 12 rings (SSSR count). The lowest BCUT2D eigenvalue weighted by Gasteiger charge is -2.15. The average Bonchev–Trinajstić information content (AvgIpc) is 3.88. The predicted molar refractivity (Wildman–Crippen MR) is 260 cm³/mol. The molecule has 0 aliphatic rings. The highest BCUT2D eigenvalue weighted by atomic mass is 15.0. The fourth-order valence-electron chi connectivity index (χ4n) is 9.36. The van der Waals surface area contributed by atoms with Gasteiger partial charge in [-0.2, -0.15) is 0 Å². The smallest absolute Gasteiger partial charge is 0.0788 e. The van der Waals surface area contributed by atoms with Crippen LogP contribution in [-0.2, 0) is 0 Å². The largest absolute Gasteiger partial charge is 0.307 e. The van der Waals surface area contributed by atoms with Crippen molar-refractivity contribution in [1.82, 2.24) is 14.1 Å². The van der Waals surface area contributed by atoms with E-state index in [-0.39, 0.29) is 0 Å². The molecule has 9 aromatic carbocycles. The lowest BCUT2D eigenvalue weighted by atomic mass is 9.99. The highest BCUT2D eigenvalue weighted by molar-refractivity contribution is 6.23. The summed E-state index contributed by atoms with van der Waals surface area (Å²) >= 11 is 0. The minimum atomic E-state index is 0.950. The van der Waals surface area contributed by atoms with Gasteiger partial charge in [0, 0.05) is 44.0 Å². The van der Waals surface area contributed by atoms with Gasteiger partial charge in [-0.1, -0.05) is 188 Å². The summed E-state index contributed by atoms with van der Waals surface area (Å²) in [7, 11) is 0. The molecule has 3 nitrogen and oxygen atoms in total. The zero-order chi connectivity index (χ0) is 41.0. The molecule has 0 spiro atoms. The zero-order valence-electron chi connectivity index (χ0n) is 33.9. The van der Waals surface area contributed by atoms with Crippen molar-refractivity contribution in [1.29, 1.82) is 0 Å². The van der Waals surface area contributed by atoms with Gasteiger partial charge in [0.1, 0.15) is 0 Å². The maximum atomic E-state index is 5.18. The van der Waals surface area contributed by atoms with Gasteiger partial charge in [-0.05, 0) is 81.9 Å². The first kappa shape index (κ1) is 35.7. The molecule has 0 N–H and O–H groups in total. The minimum Gasteiger partial charge on any atom is -0.307 e. The third-order valence-electron chi connectivity index (χ3n) is 12.3. The highest BCUT2D eigenvalue weighted by Crippen LogP contribution is 2.42. The number of hydrogen-bond acceptors (Lipinski definition) is 1. The summed E-state index contributed by atoms with van der Waals surface area (Å²) in [4.78, 5) is 5.18. The number of nitrogens with zero attached hydrogens (tertiary/aromatic N) is 3. The molecule has 0 saturated heterocycles. The molecule has 3 heteroatoms. The van der Waals surface area contributed by atoms with Gasteiger partial charge in [0.2, 0.25) is 0 Å². The molecule has 0 saturated carbocycles. The first-order valence-corrected chi connectivity index (χ1v) is 21.2. The van der Waals surface area contributed by atoms with Gasteiger partial charge in [0.25, 0.3) is 0 Å². The van der Waals surface area contributed by atoms with Gasteiger partial charge in [0.15, 0.2) is 0 Å². The van der Waals surface area contributed by atoms with E-state index < -0.39 is 0 Å². The van der Waals surface area contributed by atoms with Crippen LogP contribution in [0.3, 0.4) is 0 Å². The molecule has 3 aromatic heterocycles. The lowest BCUT2D eigenvalue weighted by Crippen LogP contribution is -1.99. The Labute approximate surface area is 360 Å². The van der Waals surface area contributed by atoms with Gasteiger partial charge in [-0.15, -0.1) is 0 Å². The lowest BCUT2D eigenvalue weighted by molar-refractivity contribution is 1.15. The van der Waals surface area contributed by atoms with E-state index >= 15 is 0 Å². The summed E-state index contributed by atoms with van der Waals surface area (Å²) in [5.41, 5.74) is 18.1. The van der Waals surface area contributed by atoms with Crippen LogP contribution < -0.4 is 0 Å². The van der Waals surface area contributed by atoms with E-state index in [1.165, 1.54) is 65.9 Å². The van der Waals surface area contributed by atoms with Crippen LogP contribution in [0.5, 0.6) is 0 Å². The summed E-state index contributed by atoms with van der Waals surface area (Å²) in [5, 5.41) is 4.90. The van der Waals surface area contributed by atoms with Crippen LogP contribution in [0.25, 0.3) is 111 Å². The van der Waals surface area contributed by atoms with Crippen LogP contribution in [0.15, 0.2) is 237 Å². The molecular weight excluding hydrogens is 751 g/mol. The quantitative estimate of drug-likeness (QED) is 0.158. The number of aromatic nitrogens is 3. The van der Waals surface area contributed by atoms with Crippen molar-refractivity contribution < 1.29 is 0 Å². The second kappa shape index (κ2) is 14.8. The number of rotatable bonds is 7. The van der Waals surface area contributed by atoms with Crippen LogP contribution in [0.4, 0.5) is 0 Å². The summed E-state index contributed by atoms with van der Waals surface area (Å²) in [6, 6.07) is 85.2. The Balaban J connectivity index is 1.05. The molecule has 290 valence electrons. The van der Waals surface area contributed by atoms with Crippen molar-refractivity contribution in [3.8, 4) is 67.3 Å². The van der Waals surface area contributed by atoms with Crippen LogP contribution in [0.1, 0.15) is 0 Å². The Kier molecular flexibility index (Phi) is 8.50. The van der Waals surface area contributed by atoms with Crippen molar-refractivity contribution in [3.05, 3.63) is 237 Å². The molecule has 12 aromatic rings. The fourth-order valence-corrected chi connectivity index (χ4v) is 9.36. The van der Waals surface area contributed by atoms with Gasteiger partial charge in [-0.25, -0.2) is 4.98 Å². The average molecular weight is 790 g/mol. The molecule has 0 bridgehead atoms. The summed E-state index contributed by atoms with van der Waals surface area (Å²) in [6.45, 7) is 0. The molecule has 0 fully saturated rings. The molecule has 62 heavy (non-hydrogen) atoms. The molecule has 0 amide bonds. The SMILES string of the molecule is c1ccc(-c2ccc(-c3ccc(-n4c5ccccc5c5ccc6c7ccccc7n(-c7cccc(-c8cc(-c9ccccc9)nc(-c9ccccc9)c8)c7)c6c54)cc3)cc2)cc1.